The molecule has 1 N–H and O–H groups in total. The molecule has 3 nitrogen and oxygen atoms in total. The predicted molar refractivity (Wildman–Crippen MR) is 77.1 cm³/mol. The first-order chi connectivity index (χ1) is 9.60. The molecule has 0 saturated heterocycles. The Morgan fingerprint density at radius 1 is 1.20 bits per heavy atom. The molecule has 3 heteroatoms. The topological polar surface area (TPSA) is 46.5 Å². The van der Waals surface area contributed by atoms with Crippen molar-refractivity contribution in [3.63, 3.8) is 0 Å². The van der Waals surface area contributed by atoms with Gasteiger partial charge in [0, 0.05) is 0 Å². The van der Waals surface area contributed by atoms with Gasteiger partial charge in [-0.15, -0.1) is 0 Å². The van der Waals surface area contributed by atoms with Crippen LogP contribution in [0.4, 0.5) is 0 Å². The lowest BCUT2D eigenvalue weighted by molar-refractivity contribution is -0.154. The summed E-state index contributed by atoms with van der Waals surface area (Å²) in [4.78, 5) is 11.8. The van der Waals surface area contributed by atoms with Gasteiger partial charge in [-0.25, -0.2) is 0 Å². The minimum Gasteiger partial charge on any atom is -0.494 e. The summed E-state index contributed by atoms with van der Waals surface area (Å²) in [5, 5.41) is 9.72. The summed E-state index contributed by atoms with van der Waals surface area (Å²) in [6.45, 7) is 2.58. The minimum absolute atomic E-state index is 0.316. The SMILES string of the molecule is CCOc1ccc(C2(C(=O)O)CC3(CCCC3)C2)cc1. The summed E-state index contributed by atoms with van der Waals surface area (Å²) in [5.74, 6) is 0.144. The highest BCUT2D eigenvalue weighted by Gasteiger charge is 2.60. The number of rotatable bonds is 4. The van der Waals surface area contributed by atoms with Crippen molar-refractivity contribution in [3.8, 4) is 5.75 Å². The van der Waals surface area contributed by atoms with Crippen molar-refractivity contribution in [1.82, 2.24) is 0 Å². The molecule has 2 saturated carbocycles. The number of carboxylic acids is 1. The van der Waals surface area contributed by atoms with Gasteiger partial charge in [-0.1, -0.05) is 25.0 Å². The van der Waals surface area contributed by atoms with Gasteiger partial charge >= 0.3 is 5.97 Å². The van der Waals surface area contributed by atoms with Crippen LogP contribution < -0.4 is 4.74 Å². The van der Waals surface area contributed by atoms with E-state index in [1.54, 1.807) is 0 Å². The van der Waals surface area contributed by atoms with Gasteiger partial charge in [0.25, 0.3) is 0 Å². The summed E-state index contributed by atoms with van der Waals surface area (Å²) in [6, 6.07) is 7.65. The van der Waals surface area contributed by atoms with Crippen molar-refractivity contribution in [3.05, 3.63) is 29.8 Å². The van der Waals surface area contributed by atoms with E-state index < -0.39 is 11.4 Å². The molecule has 2 aliphatic rings. The average molecular weight is 274 g/mol. The molecule has 2 fully saturated rings. The van der Waals surface area contributed by atoms with Gasteiger partial charge in [0.1, 0.15) is 5.75 Å². The molecule has 108 valence electrons. The Morgan fingerprint density at radius 2 is 1.80 bits per heavy atom. The van der Waals surface area contributed by atoms with E-state index in [9.17, 15) is 9.90 Å². The number of carbonyl (C=O) groups is 1. The molecule has 0 aromatic heterocycles. The first kappa shape index (κ1) is 13.5. The molecule has 1 aromatic carbocycles. The normalized spacial score (nSPS) is 22.4. The van der Waals surface area contributed by atoms with E-state index >= 15 is 0 Å². The van der Waals surface area contributed by atoms with Gasteiger partial charge in [-0.05, 0) is 55.7 Å². The van der Waals surface area contributed by atoms with Crippen LogP contribution in [0.25, 0.3) is 0 Å². The number of hydrogen-bond donors (Lipinski definition) is 1. The zero-order valence-corrected chi connectivity index (χ0v) is 12.0. The van der Waals surface area contributed by atoms with E-state index in [-0.39, 0.29) is 0 Å². The van der Waals surface area contributed by atoms with Gasteiger partial charge in [0.05, 0.1) is 12.0 Å². The lowest BCUT2D eigenvalue weighted by Crippen LogP contribution is -2.53. The van der Waals surface area contributed by atoms with Gasteiger partial charge in [0.15, 0.2) is 0 Å². The van der Waals surface area contributed by atoms with Crippen molar-refractivity contribution in [2.24, 2.45) is 5.41 Å². The van der Waals surface area contributed by atoms with Crippen LogP contribution in [0.5, 0.6) is 5.75 Å². The smallest absolute Gasteiger partial charge is 0.314 e. The maximum atomic E-state index is 11.8. The van der Waals surface area contributed by atoms with E-state index in [0.29, 0.717) is 12.0 Å². The highest BCUT2D eigenvalue weighted by Crippen LogP contribution is 2.63. The molecule has 0 radical (unpaired) electrons. The van der Waals surface area contributed by atoms with Crippen LogP contribution in [0.3, 0.4) is 0 Å². The minimum atomic E-state index is -0.667. The Morgan fingerprint density at radius 3 is 2.30 bits per heavy atom. The molecule has 3 rings (SSSR count). The van der Waals surface area contributed by atoms with E-state index in [4.69, 9.17) is 4.74 Å². The second-order valence-electron chi connectivity index (χ2n) is 6.41. The molecular formula is C17H22O3. The molecule has 0 atom stereocenters. The Labute approximate surface area is 120 Å². The molecule has 0 unspecified atom stereocenters. The third-order valence-electron chi connectivity index (χ3n) is 5.15. The maximum absolute atomic E-state index is 11.8. The van der Waals surface area contributed by atoms with Gasteiger partial charge in [-0.3, -0.25) is 4.79 Å². The fourth-order valence-corrected chi connectivity index (χ4v) is 4.22. The lowest BCUT2D eigenvalue weighted by atomic mass is 9.49. The Bertz CT molecular complexity index is 489. The van der Waals surface area contributed by atoms with Crippen LogP contribution in [0, 0.1) is 5.41 Å². The molecule has 0 amide bonds. The van der Waals surface area contributed by atoms with Crippen molar-refractivity contribution in [2.45, 2.75) is 50.9 Å². The second-order valence-corrected chi connectivity index (χ2v) is 6.41. The fourth-order valence-electron chi connectivity index (χ4n) is 4.22. The van der Waals surface area contributed by atoms with Gasteiger partial charge in [-0.2, -0.15) is 0 Å². The number of ether oxygens (including phenoxy) is 1. The number of hydrogen-bond acceptors (Lipinski definition) is 2. The van der Waals surface area contributed by atoms with E-state index in [1.165, 1.54) is 25.7 Å². The fraction of sp³-hybridized carbons (Fsp3) is 0.588. The first-order valence-electron chi connectivity index (χ1n) is 7.57. The standard InChI is InChI=1S/C17H22O3/c1-2-20-14-7-5-13(6-8-14)17(15(18)19)11-16(12-17)9-3-4-10-16/h5-8H,2-4,9-12H2,1H3,(H,18,19). The first-order valence-corrected chi connectivity index (χ1v) is 7.57. The predicted octanol–water partition coefficient (Wildman–Crippen LogP) is 3.76. The Balaban J connectivity index is 1.83. The van der Waals surface area contributed by atoms with Crippen LogP contribution in [-0.4, -0.2) is 17.7 Å². The molecular weight excluding hydrogens is 252 g/mol. The monoisotopic (exact) mass is 274 g/mol. The second kappa shape index (κ2) is 4.80. The third-order valence-corrected chi connectivity index (χ3v) is 5.15. The summed E-state index contributed by atoms with van der Waals surface area (Å²) in [6.07, 6.45) is 6.56. The van der Waals surface area contributed by atoms with E-state index in [1.807, 2.05) is 31.2 Å². The quantitative estimate of drug-likeness (QED) is 0.909. The Hall–Kier alpha value is -1.51. The van der Waals surface area contributed by atoms with Gasteiger partial charge < -0.3 is 9.84 Å². The van der Waals surface area contributed by atoms with Crippen molar-refractivity contribution < 1.29 is 14.6 Å². The highest BCUT2D eigenvalue weighted by atomic mass is 16.5. The zero-order valence-electron chi connectivity index (χ0n) is 12.0. The summed E-state index contributed by atoms with van der Waals surface area (Å²) in [5.41, 5.74) is 0.595. The molecule has 0 aliphatic heterocycles. The third kappa shape index (κ3) is 2.00. The number of benzene rings is 1. The van der Waals surface area contributed by atoms with Crippen LogP contribution in [0.2, 0.25) is 0 Å². The van der Waals surface area contributed by atoms with E-state index in [2.05, 4.69) is 0 Å². The average Bonchev–Trinajstić information content (AvgIpc) is 2.87. The molecule has 20 heavy (non-hydrogen) atoms. The van der Waals surface area contributed by atoms with E-state index in [0.717, 1.165) is 24.2 Å². The summed E-state index contributed by atoms with van der Waals surface area (Å²) >= 11 is 0. The lowest BCUT2D eigenvalue weighted by Gasteiger charge is -2.52. The highest BCUT2D eigenvalue weighted by molar-refractivity contribution is 5.83. The molecule has 2 aliphatic carbocycles. The Kier molecular flexibility index (Phi) is 3.23. The van der Waals surface area contributed by atoms with Crippen LogP contribution in [-0.2, 0) is 10.2 Å². The maximum Gasteiger partial charge on any atom is 0.314 e. The molecule has 1 spiro atoms. The molecule has 0 bridgehead atoms. The van der Waals surface area contributed by atoms with Crippen LogP contribution in [0.1, 0.15) is 51.0 Å². The van der Waals surface area contributed by atoms with Crippen molar-refractivity contribution in [2.75, 3.05) is 6.61 Å². The molecule has 1 aromatic rings. The zero-order chi connectivity index (χ0) is 14.2. The molecule has 0 heterocycles. The van der Waals surface area contributed by atoms with Crippen molar-refractivity contribution >= 4 is 5.97 Å². The van der Waals surface area contributed by atoms with Crippen LogP contribution >= 0.6 is 0 Å². The van der Waals surface area contributed by atoms with Crippen molar-refractivity contribution in [1.29, 1.82) is 0 Å². The largest absolute Gasteiger partial charge is 0.494 e. The number of aliphatic carboxylic acids is 1. The summed E-state index contributed by atoms with van der Waals surface area (Å²) in [7, 11) is 0. The summed E-state index contributed by atoms with van der Waals surface area (Å²) < 4.78 is 5.43. The van der Waals surface area contributed by atoms with Gasteiger partial charge in [0.2, 0.25) is 0 Å². The van der Waals surface area contributed by atoms with Crippen LogP contribution in [0.15, 0.2) is 24.3 Å². The number of carboxylic acid groups (broad SMARTS) is 1.